The van der Waals surface area contributed by atoms with E-state index < -0.39 is 11.2 Å². The molecule has 0 aliphatic carbocycles. The smallest absolute Gasteiger partial charge is 0.331 e. The summed E-state index contributed by atoms with van der Waals surface area (Å²) < 4.78 is 12.1. The summed E-state index contributed by atoms with van der Waals surface area (Å²) in [5, 5.41) is 16.3. The van der Waals surface area contributed by atoms with Crippen molar-refractivity contribution in [3.63, 3.8) is 0 Å². The molecule has 1 N–H and O–H groups in total. The van der Waals surface area contributed by atoms with Crippen LogP contribution in [0, 0.1) is 13.8 Å². The zero-order chi connectivity index (χ0) is 28.8. The second-order valence-electron chi connectivity index (χ2n) is 11.6. The van der Waals surface area contributed by atoms with E-state index in [0.29, 0.717) is 0 Å². The third-order valence-corrected chi connectivity index (χ3v) is 8.24. The first kappa shape index (κ1) is 27.7. The number of allylic oxidation sites excluding steroid dienone is 3. The first-order valence-corrected chi connectivity index (χ1v) is 13.6. The van der Waals surface area contributed by atoms with E-state index >= 15 is 0 Å². The van der Waals surface area contributed by atoms with E-state index in [1.807, 2.05) is 39.0 Å². The molecule has 201 valence electrons. The molecule has 0 saturated carbocycles. The number of aryl methyl sites for hydroxylation is 2. The quantitative estimate of drug-likeness (QED) is 0.125. The first-order valence-electron chi connectivity index (χ1n) is 13.6. The first-order chi connectivity index (χ1) is 18.9. The van der Waals surface area contributed by atoms with Gasteiger partial charge in [0.05, 0.1) is 11.2 Å². The van der Waals surface area contributed by atoms with Crippen LogP contribution in [0.1, 0.15) is 50.1 Å². The average Bonchev–Trinajstić information content (AvgIpc) is 3.25. The molecule has 4 heteroatoms. The van der Waals surface area contributed by atoms with Crippen molar-refractivity contribution in [2.75, 3.05) is 0 Å². The highest BCUT2D eigenvalue weighted by Gasteiger charge is 2.35. The van der Waals surface area contributed by atoms with Crippen molar-refractivity contribution in [1.29, 1.82) is 0 Å². The van der Waals surface area contributed by atoms with Gasteiger partial charge in [0.25, 0.3) is 0 Å². The van der Waals surface area contributed by atoms with Crippen molar-refractivity contribution in [3.8, 4) is 0 Å². The summed E-state index contributed by atoms with van der Waals surface area (Å²) in [4.78, 5) is 0. The Bertz CT molecular complexity index is 1810. The van der Waals surface area contributed by atoms with Crippen LogP contribution in [0.5, 0.6) is 0 Å². The molecule has 0 bridgehead atoms. The molecule has 1 aromatic heterocycles. The number of furan rings is 1. The second kappa shape index (κ2) is 10.3. The van der Waals surface area contributed by atoms with Crippen molar-refractivity contribution in [3.05, 3.63) is 114 Å². The highest BCUT2D eigenvalue weighted by molar-refractivity contribution is 6.47. The lowest BCUT2D eigenvalue weighted by Gasteiger charge is -2.37. The van der Waals surface area contributed by atoms with E-state index in [0.717, 1.165) is 38.9 Å². The van der Waals surface area contributed by atoms with Crippen molar-refractivity contribution in [1.82, 2.24) is 0 Å². The van der Waals surface area contributed by atoms with Gasteiger partial charge in [0, 0.05) is 10.9 Å². The van der Waals surface area contributed by atoms with E-state index in [1.54, 1.807) is 21.3 Å². The van der Waals surface area contributed by atoms with Crippen LogP contribution in [0.4, 0.5) is 0 Å². The van der Waals surface area contributed by atoms with Crippen LogP contribution in [0.2, 0.25) is 0 Å². The number of aliphatic hydroxyl groups is 1. The molecule has 1 heterocycles. The third-order valence-electron chi connectivity index (χ3n) is 8.24. The van der Waals surface area contributed by atoms with E-state index in [4.69, 9.17) is 9.07 Å². The minimum absolute atomic E-state index is 0.750. The summed E-state index contributed by atoms with van der Waals surface area (Å²) in [6.07, 6.45) is 4.21. The fraction of sp³-hybridized carbons (Fsp3) is 0.222. The van der Waals surface area contributed by atoms with Crippen molar-refractivity contribution < 1.29 is 14.2 Å². The van der Waals surface area contributed by atoms with Gasteiger partial charge in [-0.1, -0.05) is 86.0 Å². The molecule has 5 rings (SSSR count). The SMILES string of the molecule is C=C(/C=C\c1c(C)c2ccccc2c2ccccc12)C(=C)c1c(C)oc2cc([B]OC(C)(C)C(C)(C)O)ccc12. The van der Waals surface area contributed by atoms with Gasteiger partial charge in [-0.15, -0.1) is 0 Å². The van der Waals surface area contributed by atoms with Crippen molar-refractivity contribution in [2.45, 2.75) is 52.7 Å². The summed E-state index contributed by atoms with van der Waals surface area (Å²) in [6.45, 7) is 20.1. The lowest BCUT2D eigenvalue weighted by molar-refractivity contribution is -0.0893. The fourth-order valence-corrected chi connectivity index (χ4v) is 5.05. The molecular weight excluding hydrogens is 491 g/mol. The van der Waals surface area contributed by atoms with Crippen LogP contribution in [-0.4, -0.2) is 23.8 Å². The Balaban J connectivity index is 1.44. The summed E-state index contributed by atoms with van der Waals surface area (Å²) in [6, 6.07) is 23.1. The molecule has 1 radical (unpaired) electrons. The maximum atomic E-state index is 10.4. The summed E-state index contributed by atoms with van der Waals surface area (Å²) in [5.74, 6) is 0.789. The lowest BCUT2D eigenvalue weighted by Crippen LogP contribution is -2.49. The van der Waals surface area contributed by atoms with Crippen LogP contribution in [0.15, 0.2) is 96.0 Å². The molecule has 0 aliphatic rings. The molecule has 3 nitrogen and oxygen atoms in total. The Hall–Kier alpha value is -3.86. The van der Waals surface area contributed by atoms with Gasteiger partial charge in [0.15, 0.2) is 0 Å². The molecule has 0 aliphatic heterocycles. The standard InChI is InChI=1S/C36H36BO3/c1-22(17-19-28-24(3)27-13-9-10-14-29(27)31-16-12-11-15-30(28)31)23(2)34-25(4)39-33-21-26(18-20-32(33)34)37-40-36(7,8)35(5,6)38/h9-21,38H,1-2H2,3-8H3/b19-17-. The van der Waals surface area contributed by atoms with Crippen molar-refractivity contribution in [2.24, 2.45) is 0 Å². The number of fused-ring (bicyclic) bond motifs is 4. The Kier molecular flexibility index (Phi) is 7.12. The molecule has 0 atom stereocenters. The molecule has 0 unspecified atom stereocenters. The molecule has 0 amide bonds. The fourth-order valence-electron chi connectivity index (χ4n) is 5.05. The van der Waals surface area contributed by atoms with Crippen LogP contribution in [0.25, 0.3) is 44.2 Å². The van der Waals surface area contributed by atoms with Gasteiger partial charge >= 0.3 is 7.48 Å². The van der Waals surface area contributed by atoms with Gasteiger partial charge in [-0.25, -0.2) is 0 Å². The van der Waals surface area contributed by atoms with Crippen LogP contribution < -0.4 is 5.46 Å². The van der Waals surface area contributed by atoms with E-state index in [2.05, 4.69) is 80.8 Å². The molecule has 0 saturated heterocycles. The Labute approximate surface area is 237 Å². The number of rotatable bonds is 8. The third kappa shape index (κ3) is 4.94. The summed E-state index contributed by atoms with van der Waals surface area (Å²) >= 11 is 0. The number of benzene rings is 4. The largest absolute Gasteiger partial charge is 0.461 e. The van der Waals surface area contributed by atoms with Gasteiger partial charge in [-0.3, -0.25) is 0 Å². The Morgan fingerprint density at radius 2 is 1.45 bits per heavy atom. The second-order valence-corrected chi connectivity index (χ2v) is 11.6. The van der Waals surface area contributed by atoms with Crippen LogP contribution in [-0.2, 0) is 4.65 Å². The van der Waals surface area contributed by atoms with Gasteiger partial charge in [0.2, 0.25) is 0 Å². The predicted octanol–water partition coefficient (Wildman–Crippen LogP) is 8.45. The topological polar surface area (TPSA) is 42.6 Å². The zero-order valence-electron chi connectivity index (χ0n) is 24.3. The maximum Gasteiger partial charge on any atom is 0.331 e. The molecule has 4 aromatic carbocycles. The summed E-state index contributed by atoms with van der Waals surface area (Å²) in [5.41, 5.74) is 4.89. The zero-order valence-corrected chi connectivity index (χ0v) is 24.3. The number of hydrogen-bond acceptors (Lipinski definition) is 3. The van der Waals surface area contributed by atoms with Gasteiger partial charge < -0.3 is 14.2 Å². The van der Waals surface area contributed by atoms with E-state index in [1.165, 1.54) is 32.7 Å². The lowest BCUT2D eigenvalue weighted by atomic mass is 9.82. The van der Waals surface area contributed by atoms with Gasteiger partial charge in [-0.2, -0.15) is 0 Å². The van der Waals surface area contributed by atoms with Crippen LogP contribution in [0.3, 0.4) is 0 Å². The monoisotopic (exact) mass is 527 g/mol. The molecular formula is C36H36BO3. The molecule has 0 fully saturated rings. The maximum absolute atomic E-state index is 10.4. The van der Waals surface area contributed by atoms with Gasteiger partial charge in [-0.05, 0) is 96.9 Å². The van der Waals surface area contributed by atoms with Crippen LogP contribution >= 0.6 is 0 Å². The molecule has 0 spiro atoms. The van der Waals surface area contributed by atoms with Crippen molar-refractivity contribution >= 4 is 57.1 Å². The predicted molar refractivity (Wildman–Crippen MR) is 171 cm³/mol. The minimum Gasteiger partial charge on any atom is -0.461 e. The Morgan fingerprint density at radius 1 is 0.850 bits per heavy atom. The van der Waals surface area contributed by atoms with Gasteiger partial charge in [0.1, 0.15) is 11.3 Å². The normalized spacial score (nSPS) is 12.6. The highest BCUT2D eigenvalue weighted by Crippen LogP contribution is 2.36. The summed E-state index contributed by atoms with van der Waals surface area (Å²) in [7, 11) is 1.67. The highest BCUT2D eigenvalue weighted by atomic mass is 16.5. The van der Waals surface area contributed by atoms with E-state index in [-0.39, 0.29) is 0 Å². The number of hydrogen-bond donors (Lipinski definition) is 1. The van der Waals surface area contributed by atoms with E-state index in [9.17, 15) is 5.11 Å². The Morgan fingerprint density at radius 3 is 2.10 bits per heavy atom. The molecule has 5 aromatic rings. The molecule has 40 heavy (non-hydrogen) atoms. The average molecular weight is 527 g/mol. The minimum atomic E-state index is -0.995.